The molecule has 0 aromatic rings. The number of likely N-dealkylation sites (tertiary alicyclic amines) is 1. The number of carbonyl (C=O) groups is 2. The summed E-state index contributed by atoms with van der Waals surface area (Å²) in [5, 5.41) is 2.69. The molecule has 0 bridgehead atoms. The molecule has 2 saturated heterocycles. The van der Waals surface area contributed by atoms with Gasteiger partial charge in [-0.05, 0) is 25.2 Å². The van der Waals surface area contributed by atoms with E-state index in [2.05, 4.69) is 12.2 Å². The van der Waals surface area contributed by atoms with Gasteiger partial charge in [0.25, 0.3) is 0 Å². The Morgan fingerprint density at radius 1 is 1.33 bits per heavy atom. The SMILES string of the molecule is CC(=O)N1CCC(C)CC1.NC1CCNC(=O)C1. The van der Waals surface area contributed by atoms with Crippen molar-refractivity contribution in [2.24, 2.45) is 11.7 Å². The van der Waals surface area contributed by atoms with Crippen LogP contribution >= 0.6 is 0 Å². The third-order valence-corrected chi connectivity index (χ3v) is 3.51. The largest absolute Gasteiger partial charge is 0.356 e. The molecule has 0 radical (unpaired) electrons. The van der Waals surface area contributed by atoms with Crippen molar-refractivity contribution in [3.05, 3.63) is 0 Å². The van der Waals surface area contributed by atoms with Crippen LogP contribution in [0, 0.1) is 5.92 Å². The number of hydrogen-bond donors (Lipinski definition) is 2. The lowest BCUT2D eigenvalue weighted by atomic mass is 9.99. The molecule has 1 atom stereocenters. The summed E-state index contributed by atoms with van der Waals surface area (Å²) in [6.07, 6.45) is 3.78. The van der Waals surface area contributed by atoms with Crippen molar-refractivity contribution >= 4 is 11.8 Å². The second-order valence-electron chi connectivity index (χ2n) is 5.29. The Bertz CT molecular complexity index is 286. The van der Waals surface area contributed by atoms with E-state index < -0.39 is 0 Å². The van der Waals surface area contributed by atoms with E-state index in [1.54, 1.807) is 6.92 Å². The molecule has 0 aliphatic carbocycles. The summed E-state index contributed by atoms with van der Waals surface area (Å²) < 4.78 is 0. The van der Waals surface area contributed by atoms with Crippen molar-refractivity contribution in [2.75, 3.05) is 19.6 Å². The number of carbonyl (C=O) groups excluding carboxylic acids is 2. The van der Waals surface area contributed by atoms with Gasteiger partial charge in [-0.15, -0.1) is 0 Å². The molecule has 2 heterocycles. The molecule has 2 aliphatic heterocycles. The zero-order valence-corrected chi connectivity index (χ0v) is 11.4. The zero-order chi connectivity index (χ0) is 13.5. The smallest absolute Gasteiger partial charge is 0.221 e. The first-order valence-electron chi connectivity index (χ1n) is 6.77. The molecule has 0 aromatic carbocycles. The van der Waals surface area contributed by atoms with Gasteiger partial charge in [-0.2, -0.15) is 0 Å². The Morgan fingerprint density at radius 2 is 1.94 bits per heavy atom. The molecular formula is C13H25N3O2. The first-order chi connectivity index (χ1) is 8.49. The van der Waals surface area contributed by atoms with Crippen LogP contribution in [0.25, 0.3) is 0 Å². The van der Waals surface area contributed by atoms with Gasteiger partial charge in [0.2, 0.25) is 11.8 Å². The van der Waals surface area contributed by atoms with Crippen LogP contribution in [-0.4, -0.2) is 42.4 Å². The van der Waals surface area contributed by atoms with E-state index in [9.17, 15) is 9.59 Å². The number of nitrogens with zero attached hydrogens (tertiary/aromatic N) is 1. The third kappa shape index (κ3) is 5.49. The second-order valence-corrected chi connectivity index (χ2v) is 5.29. The summed E-state index contributed by atoms with van der Waals surface area (Å²) in [5.41, 5.74) is 5.46. The van der Waals surface area contributed by atoms with E-state index in [1.165, 1.54) is 12.8 Å². The average Bonchev–Trinajstić information content (AvgIpc) is 2.30. The average molecular weight is 255 g/mol. The Labute approximate surface area is 109 Å². The Morgan fingerprint density at radius 3 is 2.33 bits per heavy atom. The molecule has 2 aliphatic rings. The highest BCUT2D eigenvalue weighted by molar-refractivity contribution is 5.77. The molecule has 0 spiro atoms. The van der Waals surface area contributed by atoms with Crippen LogP contribution in [0.2, 0.25) is 0 Å². The highest BCUT2D eigenvalue weighted by Crippen LogP contribution is 2.15. The number of nitrogens with one attached hydrogen (secondary N) is 1. The van der Waals surface area contributed by atoms with E-state index in [0.717, 1.165) is 32.0 Å². The number of nitrogens with two attached hydrogens (primary N) is 1. The van der Waals surface area contributed by atoms with Crippen LogP contribution in [0.3, 0.4) is 0 Å². The molecule has 2 amide bonds. The van der Waals surface area contributed by atoms with Gasteiger partial charge < -0.3 is 16.0 Å². The monoisotopic (exact) mass is 255 g/mol. The summed E-state index contributed by atoms with van der Waals surface area (Å²) in [4.78, 5) is 23.2. The molecule has 0 aromatic heterocycles. The van der Waals surface area contributed by atoms with Crippen LogP contribution in [-0.2, 0) is 9.59 Å². The summed E-state index contributed by atoms with van der Waals surface area (Å²) >= 11 is 0. The van der Waals surface area contributed by atoms with Crippen LogP contribution in [0.4, 0.5) is 0 Å². The second kappa shape index (κ2) is 7.36. The van der Waals surface area contributed by atoms with E-state index in [1.807, 2.05) is 4.90 Å². The van der Waals surface area contributed by atoms with E-state index in [4.69, 9.17) is 5.73 Å². The van der Waals surface area contributed by atoms with Gasteiger partial charge in [-0.25, -0.2) is 0 Å². The van der Waals surface area contributed by atoms with Crippen LogP contribution in [0.1, 0.15) is 39.5 Å². The summed E-state index contributed by atoms with van der Waals surface area (Å²) in [7, 11) is 0. The van der Waals surface area contributed by atoms with E-state index in [-0.39, 0.29) is 17.9 Å². The summed E-state index contributed by atoms with van der Waals surface area (Å²) in [6.45, 7) is 6.58. The molecule has 5 nitrogen and oxygen atoms in total. The highest BCUT2D eigenvalue weighted by atomic mass is 16.2. The Balaban J connectivity index is 0.000000184. The zero-order valence-electron chi connectivity index (χ0n) is 11.4. The third-order valence-electron chi connectivity index (χ3n) is 3.51. The topological polar surface area (TPSA) is 75.4 Å². The molecule has 5 heteroatoms. The minimum absolute atomic E-state index is 0.0868. The fourth-order valence-electron chi connectivity index (χ4n) is 2.13. The minimum atomic E-state index is 0.0868. The standard InChI is InChI=1S/C8H15NO.C5H10N2O/c1-7-3-5-9(6-4-7)8(2)10;6-4-1-2-7-5(8)3-4/h7H,3-6H2,1-2H3;4H,1-3,6H2,(H,7,8). The van der Waals surface area contributed by atoms with Crippen LogP contribution in [0.15, 0.2) is 0 Å². The predicted octanol–water partition coefficient (Wildman–Crippen LogP) is 0.489. The molecule has 1 unspecified atom stereocenters. The van der Waals surface area contributed by atoms with Gasteiger partial charge in [0.15, 0.2) is 0 Å². The maximum Gasteiger partial charge on any atom is 0.221 e. The molecule has 18 heavy (non-hydrogen) atoms. The fraction of sp³-hybridized carbons (Fsp3) is 0.846. The Kier molecular flexibility index (Phi) is 6.12. The van der Waals surface area contributed by atoms with Crippen molar-refractivity contribution in [1.82, 2.24) is 10.2 Å². The van der Waals surface area contributed by atoms with E-state index >= 15 is 0 Å². The Hall–Kier alpha value is -1.10. The highest BCUT2D eigenvalue weighted by Gasteiger charge is 2.16. The first kappa shape index (κ1) is 15.0. The molecular weight excluding hydrogens is 230 g/mol. The number of piperidine rings is 2. The van der Waals surface area contributed by atoms with Crippen molar-refractivity contribution in [2.45, 2.75) is 45.6 Å². The van der Waals surface area contributed by atoms with Gasteiger partial charge in [0.1, 0.15) is 0 Å². The molecule has 104 valence electrons. The lowest BCUT2D eigenvalue weighted by Crippen LogP contribution is -2.40. The van der Waals surface area contributed by atoms with Gasteiger partial charge in [0.05, 0.1) is 0 Å². The van der Waals surface area contributed by atoms with Gasteiger partial charge in [-0.1, -0.05) is 6.92 Å². The number of hydrogen-bond acceptors (Lipinski definition) is 3. The van der Waals surface area contributed by atoms with Crippen LogP contribution < -0.4 is 11.1 Å². The van der Waals surface area contributed by atoms with Gasteiger partial charge in [-0.3, -0.25) is 9.59 Å². The minimum Gasteiger partial charge on any atom is -0.356 e. The quantitative estimate of drug-likeness (QED) is 0.661. The number of amides is 2. The first-order valence-corrected chi connectivity index (χ1v) is 6.77. The normalized spacial score (nSPS) is 24.9. The molecule has 2 rings (SSSR count). The summed E-state index contributed by atoms with van der Waals surface area (Å²) in [5.74, 6) is 1.13. The summed E-state index contributed by atoms with van der Waals surface area (Å²) in [6, 6.07) is 0.101. The molecule has 3 N–H and O–H groups in total. The van der Waals surface area contributed by atoms with Gasteiger partial charge >= 0.3 is 0 Å². The maximum atomic E-state index is 10.8. The molecule has 2 fully saturated rings. The van der Waals surface area contributed by atoms with Crippen LogP contribution in [0.5, 0.6) is 0 Å². The van der Waals surface area contributed by atoms with Crippen molar-refractivity contribution < 1.29 is 9.59 Å². The predicted molar refractivity (Wildman–Crippen MR) is 70.9 cm³/mol. The van der Waals surface area contributed by atoms with E-state index in [0.29, 0.717) is 6.42 Å². The lowest BCUT2D eigenvalue weighted by Gasteiger charge is -2.29. The van der Waals surface area contributed by atoms with Gasteiger partial charge in [0, 0.05) is 39.0 Å². The number of rotatable bonds is 0. The van der Waals surface area contributed by atoms with Crippen molar-refractivity contribution in [1.29, 1.82) is 0 Å². The maximum absolute atomic E-state index is 10.8. The lowest BCUT2D eigenvalue weighted by molar-refractivity contribution is -0.130. The van der Waals surface area contributed by atoms with Crippen molar-refractivity contribution in [3.8, 4) is 0 Å². The fourth-order valence-corrected chi connectivity index (χ4v) is 2.13. The molecule has 0 saturated carbocycles. The van der Waals surface area contributed by atoms with Crippen molar-refractivity contribution in [3.63, 3.8) is 0 Å².